The van der Waals surface area contributed by atoms with Crippen LogP contribution < -0.4 is 0 Å². The molecule has 3 rings (SSSR count). The second-order valence-electron chi connectivity index (χ2n) is 6.00. The van der Waals surface area contributed by atoms with E-state index in [4.69, 9.17) is 4.74 Å². The first kappa shape index (κ1) is 16.4. The van der Waals surface area contributed by atoms with Gasteiger partial charge in [0.2, 0.25) is 10.0 Å². The van der Waals surface area contributed by atoms with E-state index in [1.54, 1.807) is 6.08 Å². The van der Waals surface area contributed by atoms with E-state index in [-0.39, 0.29) is 0 Å². The number of ether oxygens (including phenoxy) is 1. The SMILES string of the molecule is O=C1CCC(c2ccc(C=CS(=O)(=O)N3CCOCC3)cc2)C1. The number of ketones is 1. The van der Waals surface area contributed by atoms with Crippen LogP contribution in [0.1, 0.15) is 36.3 Å². The minimum Gasteiger partial charge on any atom is -0.379 e. The molecule has 1 unspecified atom stereocenters. The van der Waals surface area contributed by atoms with Gasteiger partial charge >= 0.3 is 0 Å². The van der Waals surface area contributed by atoms with E-state index in [0.717, 1.165) is 17.5 Å². The van der Waals surface area contributed by atoms with Crippen LogP contribution in [0.4, 0.5) is 0 Å². The first-order valence-electron chi connectivity index (χ1n) is 7.92. The Morgan fingerprint density at radius 2 is 1.83 bits per heavy atom. The van der Waals surface area contributed by atoms with Crippen LogP contribution >= 0.6 is 0 Å². The van der Waals surface area contributed by atoms with Crippen molar-refractivity contribution >= 4 is 21.9 Å². The number of nitrogens with zero attached hydrogens (tertiary/aromatic N) is 1. The first-order chi connectivity index (χ1) is 11.0. The molecule has 124 valence electrons. The molecule has 0 radical (unpaired) electrons. The van der Waals surface area contributed by atoms with E-state index < -0.39 is 10.0 Å². The monoisotopic (exact) mass is 335 g/mol. The normalized spacial score (nSPS) is 23.7. The summed E-state index contributed by atoms with van der Waals surface area (Å²) < 4.78 is 31.0. The number of benzene rings is 1. The van der Waals surface area contributed by atoms with E-state index in [0.29, 0.717) is 50.8 Å². The Labute approximate surface area is 137 Å². The fourth-order valence-electron chi connectivity index (χ4n) is 3.03. The lowest BCUT2D eigenvalue weighted by Crippen LogP contribution is -2.39. The highest BCUT2D eigenvalue weighted by atomic mass is 32.2. The Morgan fingerprint density at radius 1 is 1.13 bits per heavy atom. The molecular weight excluding hydrogens is 314 g/mol. The minimum atomic E-state index is -3.39. The van der Waals surface area contributed by atoms with Gasteiger partial charge in [0, 0.05) is 31.3 Å². The molecule has 1 aromatic rings. The largest absolute Gasteiger partial charge is 0.379 e. The number of Topliss-reactive ketones (excluding diaryl/α,β-unsaturated/α-hetero) is 1. The van der Waals surface area contributed by atoms with E-state index in [1.807, 2.05) is 24.3 Å². The molecule has 2 aliphatic rings. The van der Waals surface area contributed by atoms with Gasteiger partial charge in [0.05, 0.1) is 13.2 Å². The van der Waals surface area contributed by atoms with E-state index in [2.05, 4.69) is 0 Å². The number of rotatable bonds is 4. The molecule has 1 aliphatic heterocycles. The Kier molecular flexibility index (Phi) is 4.94. The Bertz CT molecular complexity index is 688. The fourth-order valence-corrected chi connectivity index (χ4v) is 4.19. The van der Waals surface area contributed by atoms with Crippen molar-refractivity contribution in [1.29, 1.82) is 0 Å². The Morgan fingerprint density at radius 3 is 2.43 bits per heavy atom. The maximum absolute atomic E-state index is 12.2. The van der Waals surface area contributed by atoms with Gasteiger partial charge < -0.3 is 4.74 Å². The van der Waals surface area contributed by atoms with Crippen LogP contribution in [-0.2, 0) is 19.6 Å². The van der Waals surface area contributed by atoms with Gasteiger partial charge in [-0.3, -0.25) is 4.79 Å². The molecule has 1 saturated carbocycles. The molecule has 1 heterocycles. The molecule has 5 nitrogen and oxygen atoms in total. The molecule has 6 heteroatoms. The first-order valence-corrected chi connectivity index (χ1v) is 9.42. The third-order valence-corrected chi connectivity index (χ3v) is 5.98. The molecule has 0 amide bonds. The van der Waals surface area contributed by atoms with E-state index in [9.17, 15) is 13.2 Å². The van der Waals surface area contributed by atoms with Crippen molar-refractivity contribution in [2.75, 3.05) is 26.3 Å². The van der Waals surface area contributed by atoms with Crippen molar-refractivity contribution in [2.45, 2.75) is 25.2 Å². The number of sulfonamides is 1. The van der Waals surface area contributed by atoms with Gasteiger partial charge in [0.15, 0.2) is 0 Å². The average Bonchev–Trinajstić information content (AvgIpc) is 3.01. The van der Waals surface area contributed by atoms with Crippen LogP contribution in [0, 0.1) is 0 Å². The molecule has 1 atom stereocenters. The third-order valence-electron chi connectivity index (χ3n) is 4.42. The van der Waals surface area contributed by atoms with Crippen LogP contribution in [0.15, 0.2) is 29.7 Å². The molecule has 1 aromatic carbocycles. The lowest BCUT2D eigenvalue weighted by molar-refractivity contribution is -0.117. The van der Waals surface area contributed by atoms with Gasteiger partial charge in [-0.15, -0.1) is 0 Å². The smallest absolute Gasteiger partial charge is 0.236 e. The summed E-state index contributed by atoms with van der Waals surface area (Å²) in [6, 6.07) is 7.79. The molecule has 1 aliphatic carbocycles. The fraction of sp³-hybridized carbons (Fsp3) is 0.471. The Balaban J connectivity index is 1.66. The van der Waals surface area contributed by atoms with Crippen molar-refractivity contribution < 1.29 is 17.9 Å². The maximum atomic E-state index is 12.2. The minimum absolute atomic E-state index is 0.317. The summed E-state index contributed by atoms with van der Waals surface area (Å²) in [4.78, 5) is 11.4. The molecule has 1 saturated heterocycles. The third kappa shape index (κ3) is 4.07. The molecule has 23 heavy (non-hydrogen) atoms. The van der Waals surface area contributed by atoms with Crippen molar-refractivity contribution in [3.63, 3.8) is 0 Å². The summed E-state index contributed by atoms with van der Waals surface area (Å²) in [6.45, 7) is 1.70. The highest BCUT2D eigenvalue weighted by Crippen LogP contribution is 2.32. The van der Waals surface area contributed by atoms with Crippen LogP contribution in [0.5, 0.6) is 0 Å². The molecule has 0 spiro atoms. The van der Waals surface area contributed by atoms with Crippen molar-refractivity contribution in [2.24, 2.45) is 0 Å². The second kappa shape index (κ2) is 6.95. The maximum Gasteiger partial charge on any atom is 0.236 e. The highest BCUT2D eigenvalue weighted by Gasteiger charge is 2.23. The zero-order valence-electron chi connectivity index (χ0n) is 13.0. The van der Waals surface area contributed by atoms with Gasteiger partial charge in [0.1, 0.15) is 5.78 Å². The van der Waals surface area contributed by atoms with Crippen molar-refractivity contribution in [3.05, 3.63) is 40.8 Å². The topological polar surface area (TPSA) is 63.7 Å². The summed E-state index contributed by atoms with van der Waals surface area (Å²) in [5, 5.41) is 1.26. The molecule has 0 N–H and O–H groups in total. The quantitative estimate of drug-likeness (QED) is 0.846. The van der Waals surface area contributed by atoms with Crippen LogP contribution in [0.3, 0.4) is 0 Å². The zero-order valence-corrected chi connectivity index (χ0v) is 13.8. The predicted molar refractivity (Wildman–Crippen MR) is 88.4 cm³/mol. The lowest BCUT2D eigenvalue weighted by Gasteiger charge is -2.24. The van der Waals surface area contributed by atoms with Crippen molar-refractivity contribution in [1.82, 2.24) is 4.31 Å². The lowest BCUT2D eigenvalue weighted by atomic mass is 9.97. The zero-order chi connectivity index (χ0) is 16.3. The summed E-state index contributed by atoms with van der Waals surface area (Å²) in [7, 11) is -3.39. The molecule has 2 fully saturated rings. The van der Waals surface area contributed by atoms with Crippen molar-refractivity contribution in [3.8, 4) is 0 Å². The molecular formula is C17H21NO4S. The summed E-state index contributed by atoms with van der Waals surface area (Å²) in [5.74, 6) is 0.646. The van der Waals surface area contributed by atoms with Gasteiger partial charge in [-0.2, -0.15) is 4.31 Å². The number of morpholine rings is 1. The van der Waals surface area contributed by atoms with E-state index in [1.165, 1.54) is 9.71 Å². The number of carbonyl (C=O) groups is 1. The number of hydrogen-bond donors (Lipinski definition) is 0. The van der Waals surface area contributed by atoms with Gasteiger partial charge in [0.25, 0.3) is 0 Å². The Hall–Kier alpha value is -1.50. The van der Waals surface area contributed by atoms with Gasteiger partial charge in [-0.25, -0.2) is 8.42 Å². The highest BCUT2D eigenvalue weighted by molar-refractivity contribution is 7.92. The molecule has 0 bridgehead atoms. The summed E-state index contributed by atoms with van der Waals surface area (Å²) in [6.07, 6.45) is 3.83. The van der Waals surface area contributed by atoms with Crippen LogP contribution in [0.2, 0.25) is 0 Å². The van der Waals surface area contributed by atoms with Gasteiger partial charge in [-0.05, 0) is 29.5 Å². The molecule has 0 aromatic heterocycles. The second-order valence-corrected chi connectivity index (χ2v) is 7.82. The van der Waals surface area contributed by atoms with Crippen LogP contribution in [0.25, 0.3) is 6.08 Å². The number of hydrogen-bond acceptors (Lipinski definition) is 4. The standard InChI is InChI=1S/C17H21NO4S/c19-17-6-5-16(13-17)15-3-1-14(2-4-15)7-12-23(20,21)18-8-10-22-11-9-18/h1-4,7,12,16H,5-6,8-11,13H2. The van der Waals surface area contributed by atoms with Crippen LogP contribution in [-0.4, -0.2) is 44.8 Å². The van der Waals surface area contributed by atoms with E-state index >= 15 is 0 Å². The number of carbonyl (C=O) groups excluding carboxylic acids is 1. The summed E-state index contributed by atoms with van der Waals surface area (Å²) in [5.41, 5.74) is 2.00. The average molecular weight is 335 g/mol. The predicted octanol–water partition coefficient (Wildman–Crippen LogP) is 2.16. The van der Waals surface area contributed by atoms with Gasteiger partial charge in [-0.1, -0.05) is 24.3 Å². The summed E-state index contributed by atoms with van der Waals surface area (Å²) >= 11 is 0.